The van der Waals surface area contributed by atoms with Crippen LogP contribution in [0, 0.1) is 66.6 Å². The van der Waals surface area contributed by atoms with Crippen molar-refractivity contribution in [3.05, 3.63) is 258 Å². The molecule has 0 radical (unpaired) electrons. The average Bonchev–Trinajstić information content (AvgIpc) is 1.85. The fourth-order valence-corrected chi connectivity index (χ4v) is 8.50. The summed E-state index contributed by atoms with van der Waals surface area (Å²) in [7, 11) is 1.40. The number of unbranched alkanes of at least 4 members (excludes halogenated alkanes) is 1. The summed E-state index contributed by atoms with van der Waals surface area (Å²) in [5.41, 5.74) is 1.34. The van der Waals surface area contributed by atoms with Gasteiger partial charge in [0.25, 0.3) is 34.1 Å². The largest absolute Gasteiger partial charge is 0.460 e. The van der Waals surface area contributed by atoms with E-state index in [-0.39, 0.29) is 105 Å². The van der Waals surface area contributed by atoms with Crippen LogP contribution in [0.25, 0.3) is 0 Å². The lowest BCUT2D eigenvalue weighted by Gasteiger charge is -2.24. The van der Waals surface area contributed by atoms with Crippen molar-refractivity contribution in [2.24, 2.45) is 26.6 Å². The van der Waals surface area contributed by atoms with E-state index in [0.717, 1.165) is 162 Å². The average molecular weight is 1770 g/mol. The fraction of sp³-hybridized carbons (Fsp3) is 0.253. The smallest absolute Gasteiger partial charge is 0.444 e. The Morgan fingerprint density at radius 2 is 0.709 bits per heavy atom. The fourth-order valence-electron chi connectivity index (χ4n) is 8.50. The molecule has 7 aromatic rings. The van der Waals surface area contributed by atoms with Crippen LogP contribution in [0.4, 0.5) is 67.7 Å². The zero-order valence-electron chi connectivity index (χ0n) is 67.9. The minimum absolute atomic E-state index is 0.0741. The lowest BCUT2D eigenvalue weighted by atomic mass is 10.1. The molecule has 1 aromatic heterocycles. The lowest BCUT2D eigenvalue weighted by Crippen LogP contribution is -2.45. The Morgan fingerprint density at radius 1 is 0.433 bits per heavy atom. The third-order valence-corrected chi connectivity index (χ3v) is 14.6. The van der Waals surface area contributed by atoms with Gasteiger partial charge in [0.15, 0.2) is 0 Å². The summed E-state index contributed by atoms with van der Waals surface area (Å²) < 4.78 is 38.7. The Labute approximate surface area is 713 Å². The number of likely N-dealkylation sites (N-methyl/N-ethyl adjacent to an activating group) is 1. The van der Waals surface area contributed by atoms with Crippen molar-refractivity contribution in [2.75, 3.05) is 33.2 Å². The van der Waals surface area contributed by atoms with E-state index in [9.17, 15) is 128 Å². The second-order valence-corrected chi connectivity index (χ2v) is 26.6. The molecule has 52 nitrogen and oxygen atoms in total. The number of alkyl carbamates (subject to hydrolysis) is 5. The molecule has 6 aromatic carbocycles. The Hall–Kier alpha value is -17.5. The molecule has 0 aliphatic heterocycles. The molecule has 0 saturated heterocycles. The van der Waals surface area contributed by atoms with Gasteiger partial charge in [-0.1, -0.05) is 20.3 Å². The quantitative estimate of drug-likeness (QED) is 0.00569. The summed E-state index contributed by atoms with van der Waals surface area (Å²) in [6, 6.07) is 26.6. The Bertz CT molecular complexity index is 5150. The van der Waals surface area contributed by atoms with Gasteiger partial charge in [-0.3, -0.25) is 102 Å². The van der Waals surface area contributed by atoms with Crippen LogP contribution in [0.2, 0.25) is 0 Å². The number of esters is 7. The maximum Gasteiger partial charge on any atom is 0.444 e. The van der Waals surface area contributed by atoms with Crippen molar-refractivity contribution in [1.29, 1.82) is 0 Å². The van der Waals surface area contributed by atoms with E-state index in [1.165, 1.54) is 25.5 Å². The third-order valence-electron chi connectivity index (χ3n) is 14.6. The number of ether oxygens (including phenoxy) is 8. The van der Waals surface area contributed by atoms with Crippen molar-refractivity contribution in [1.82, 2.24) is 41.3 Å². The highest BCUT2D eigenvalue weighted by Gasteiger charge is 2.27. The van der Waals surface area contributed by atoms with Crippen LogP contribution in [0.1, 0.15) is 137 Å². The van der Waals surface area contributed by atoms with E-state index < -0.39 is 131 Å². The Morgan fingerprint density at radius 3 is 0.961 bits per heavy atom. The number of carbonyl (C=O) groups is 14. The van der Waals surface area contributed by atoms with E-state index >= 15 is 0 Å². The number of carbonyl (C=O) groups excluding carboxylic acids is 14. The molecule has 670 valence electrons. The number of nitro groups is 6. The number of nitrogens with zero attached hydrogens (tertiary/aromatic N) is 12. The van der Waals surface area contributed by atoms with Crippen molar-refractivity contribution < 1.29 is 135 Å². The van der Waals surface area contributed by atoms with Crippen molar-refractivity contribution in [2.45, 2.75) is 85.9 Å². The van der Waals surface area contributed by atoms with Crippen LogP contribution < -0.4 is 32.3 Å². The topological polar surface area (TPSA) is 716 Å². The maximum atomic E-state index is 12.3. The van der Waals surface area contributed by atoms with E-state index in [4.69, 9.17) is 15.2 Å². The predicted molar refractivity (Wildman–Crippen MR) is 431 cm³/mol. The number of nitro benzene ring substituents is 6. The van der Waals surface area contributed by atoms with Crippen LogP contribution in [0.5, 0.6) is 0 Å². The third kappa shape index (κ3) is 37.3. The van der Waals surface area contributed by atoms with Crippen LogP contribution in [-0.4, -0.2) is 191 Å². The van der Waals surface area contributed by atoms with Gasteiger partial charge in [0.2, 0.25) is 17.9 Å². The Balaban J connectivity index is 0.000000375. The summed E-state index contributed by atoms with van der Waals surface area (Å²) in [5.74, 6) is -9.01. The molecule has 127 heavy (non-hydrogen) atoms. The molecule has 0 aliphatic carbocycles. The van der Waals surface area contributed by atoms with Gasteiger partial charge in [-0.05, 0) is 140 Å². The second kappa shape index (κ2) is 49.3. The van der Waals surface area contributed by atoms with Gasteiger partial charge in [0.1, 0.15) is 11.2 Å². The molecule has 1 heterocycles. The van der Waals surface area contributed by atoms with E-state index in [2.05, 4.69) is 48.5 Å². The maximum absolute atomic E-state index is 12.3. The monoisotopic (exact) mass is 1770 g/mol. The van der Waals surface area contributed by atoms with Crippen LogP contribution in [0.3, 0.4) is 0 Å². The number of aliphatic imine (C=N–C) groups is 3. The molecule has 7 amide bonds. The van der Waals surface area contributed by atoms with Crippen molar-refractivity contribution >= 4 is 136 Å². The normalized spacial score (nSPS) is 10.7. The van der Waals surface area contributed by atoms with Gasteiger partial charge in [-0.15, -0.1) is 4.99 Å². The number of rotatable bonds is 21. The van der Waals surface area contributed by atoms with Gasteiger partial charge in [0.05, 0.1) is 75.4 Å². The first-order valence-electron chi connectivity index (χ1n) is 36.1. The summed E-state index contributed by atoms with van der Waals surface area (Å²) in [5, 5.41) is 78.1. The van der Waals surface area contributed by atoms with Gasteiger partial charge in [-0.25, -0.2) is 67.0 Å². The van der Waals surface area contributed by atoms with Crippen LogP contribution in [0.15, 0.2) is 179 Å². The van der Waals surface area contributed by atoms with E-state index in [0.29, 0.717) is 19.4 Å². The number of nitrogens with two attached hydrogens (primary N) is 1. The van der Waals surface area contributed by atoms with Crippen molar-refractivity contribution in [3.8, 4) is 0 Å². The standard InChI is InChI=1S/C25H26N6O12.C21H19N5O10.C20H12N6O10.C9H19NO2/c1-25(2,3)43-24(36)29(4)14-13-26-21(27-22(34)41-19(32)15-5-9-17(10-6-15)30(37)38)28-23(35)42-20(33)16-7-11-18(12-8-16)31(39)40;1-2-3-12-22-19(23-20(29)35-17(27)13-4-8-15(9-5-13)25(31)32)24-21(30)36-18(28)14-6-10-16(11-7-14)26(33)34;27-16(12-2-6-14(7-3-12)25(31)32)35-19(29)22-18(24-11-1-10-21-24)23-20(30)36-17(28)13-4-8-15(9-5-13)26(33)34;1-7(5-6-10)8(11)12-9(2,3)4/h5-12H,13-14H2,1-4H3,(H2,26,27,28,34,35);4-11H,2-3,12H2,1H3,(H2,22,23,24,29,30);1-11H,(H,22,23,29,30);7H,5-6,10H2,1-4H3. The molecule has 0 spiro atoms. The molecule has 0 saturated carbocycles. The number of hydrogen-bond donors (Lipinski definition) is 6. The summed E-state index contributed by atoms with van der Waals surface area (Å²) in [6.45, 7) is 14.6. The molecular weight excluding hydrogens is 1700 g/mol. The summed E-state index contributed by atoms with van der Waals surface area (Å²) in [4.78, 5) is 242. The first-order valence-corrected chi connectivity index (χ1v) is 36.1. The highest BCUT2D eigenvalue weighted by atomic mass is 16.7. The van der Waals surface area contributed by atoms with Gasteiger partial charge >= 0.3 is 84.4 Å². The molecule has 1 atom stereocenters. The number of non-ortho nitro benzene ring substituents is 6. The van der Waals surface area contributed by atoms with E-state index in [1.807, 2.05) is 61.2 Å². The van der Waals surface area contributed by atoms with Crippen LogP contribution >= 0.6 is 0 Å². The highest BCUT2D eigenvalue weighted by molar-refractivity contribution is 6.09. The molecule has 0 aliphatic rings. The number of aromatic nitrogens is 2. The zero-order valence-corrected chi connectivity index (χ0v) is 67.9. The molecular formula is C75H76N18O34. The SMILES string of the molecule is CC(CCN)C(=O)OC(C)(C)C.CCCCN=C(NC(=O)OC(=O)c1ccc([N+](=O)[O-])cc1)NC(=O)OC(=O)c1ccc([N+](=O)[O-])cc1.CN(CCN=C(NC(=O)OC(=O)c1ccc([N+](=O)[O-])cc1)NC(=O)OC(=O)c1ccc([N+](=O)[O-])cc1)C(=O)OC(C)(C)C.O=C(N=C(NC(=O)OC(=O)c1ccc([N+](=O)[O-])cc1)n1cccn1)OC(=O)c1ccc([N+](=O)[O-])cc1. The summed E-state index contributed by atoms with van der Waals surface area (Å²) in [6.07, 6.45) is -4.64. The number of benzene rings is 6. The first kappa shape index (κ1) is 102. The molecule has 52 heteroatoms. The van der Waals surface area contributed by atoms with Gasteiger partial charge < -0.3 is 48.5 Å². The second-order valence-electron chi connectivity index (χ2n) is 26.6. The predicted octanol–water partition coefficient (Wildman–Crippen LogP) is 10.0. The number of nitrogens with one attached hydrogen (secondary N) is 5. The summed E-state index contributed by atoms with van der Waals surface area (Å²) >= 11 is 0. The first-order chi connectivity index (χ1) is 59.6. The molecule has 0 bridgehead atoms. The molecule has 7 N–H and O–H groups in total. The number of hydrogen-bond acceptors (Lipinski definition) is 38. The molecule has 1 unspecified atom stereocenters. The number of guanidine groups is 2. The Kier molecular flexibility index (Phi) is 39.5. The van der Waals surface area contributed by atoms with Crippen LogP contribution in [-0.2, 0) is 42.7 Å². The molecule has 0 fully saturated rings. The van der Waals surface area contributed by atoms with E-state index in [1.54, 1.807) is 20.8 Å². The molecule has 7 rings (SSSR count). The number of amides is 7. The lowest BCUT2D eigenvalue weighted by molar-refractivity contribution is -0.385. The van der Waals surface area contributed by atoms with Gasteiger partial charge in [0, 0.05) is 105 Å². The zero-order chi connectivity index (χ0) is 95.0. The minimum atomic E-state index is -1.49. The minimum Gasteiger partial charge on any atom is -0.460 e. The van der Waals surface area contributed by atoms with Crippen molar-refractivity contribution in [3.63, 3.8) is 0 Å². The highest BCUT2D eigenvalue weighted by Crippen LogP contribution is 2.20. The van der Waals surface area contributed by atoms with Gasteiger partial charge in [-0.2, -0.15) is 5.10 Å².